The van der Waals surface area contributed by atoms with Gasteiger partial charge in [-0.3, -0.25) is 4.79 Å². The Hall–Kier alpha value is -2.74. The summed E-state index contributed by atoms with van der Waals surface area (Å²) in [6.07, 6.45) is 1.53. The maximum absolute atomic E-state index is 12.9. The van der Waals surface area contributed by atoms with Crippen LogP contribution in [0.25, 0.3) is 0 Å². The average Bonchev–Trinajstić information content (AvgIpc) is 3.00. The van der Waals surface area contributed by atoms with E-state index in [2.05, 4.69) is 9.71 Å². The minimum absolute atomic E-state index is 0.0603. The molecule has 0 radical (unpaired) electrons. The van der Waals surface area contributed by atoms with E-state index in [4.69, 9.17) is 0 Å². The average molecular weight is 375 g/mol. The summed E-state index contributed by atoms with van der Waals surface area (Å²) >= 11 is 0. The number of rotatable bonds is 4. The highest BCUT2D eigenvalue weighted by atomic mass is 32.2. The van der Waals surface area contributed by atoms with Gasteiger partial charge in [0.1, 0.15) is 11.7 Å². The molecule has 0 unspecified atom stereocenters. The van der Waals surface area contributed by atoms with Gasteiger partial charge in [0.15, 0.2) is 0 Å². The van der Waals surface area contributed by atoms with Gasteiger partial charge in [0, 0.05) is 31.3 Å². The standard InChI is InChI=1S/C18H18FN3O3S/c1-22-12-2-3-17(22)21-26(24,25)16-10-8-15(9-11-16)20-18(23)13-4-6-14(19)7-5-13/h4-11H,2-3,12H2,1H3,(H,20,23)/b21-17+. The van der Waals surface area contributed by atoms with Crippen LogP contribution in [0.1, 0.15) is 23.2 Å². The van der Waals surface area contributed by atoms with E-state index in [1.165, 1.54) is 48.5 Å². The molecule has 0 atom stereocenters. The van der Waals surface area contributed by atoms with Crippen LogP contribution in [0.4, 0.5) is 10.1 Å². The summed E-state index contributed by atoms with van der Waals surface area (Å²) in [6.45, 7) is 0.794. The highest BCUT2D eigenvalue weighted by Gasteiger charge is 2.20. The number of benzene rings is 2. The van der Waals surface area contributed by atoms with E-state index in [1.807, 2.05) is 11.9 Å². The minimum Gasteiger partial charge on any atom is -0.362 e. The van der Waals surface area contributed by atoms with Gasteiger partial charge in [0.2, 0.25) is 0 Å². The summed E-state index contributed by atoms with van der Waals surface area (Å²) in [7, 11) is -1.97. The van der Waals surface area contributed by atoms with E-state index in [0.29, 0.717) is 23.5 Å². The molecule has 26 heavy (non-hydrogen) atoms. The number of nitrogens with one attached hydrogen (secondary N) is 1. The van der Waals surface area contributed by atoms with Crippen LogP contribution in [0.3, 0.4) is 0 Å². The van der Waals surface area contributed by atoms with Crippen molar-refractivity contribution in [1.82, 2.24) is 4.90 Å². The molecule has 6 nitrogen and oxygen atoms in total. The lowest BCUT2D eigenvalue weighted by molar-refractivity contribution is 0.102. The molecule has 0 aliphatic carbocycles. The van der Waals surface area contributed by atoms with Gasteiger partial charge in [-0.25, -0.2) is 4.39 Å². The summed E-state index contributed by atoms with van der Waals surface area (Å²) in [4.78, 5) is 14.0. The summed E-state index contributed by atoms with van der Waals surface area (Å²) < 4.78 is 41.6. The van der Waals surface area contributed by atoms with Crippen molar-refractivity contribution >= 4 is 27.5 Å². The Morgan fingerprint density at radius 1 is 1.12 bits per heavy atom. The molecule has 1 N–H and O–H groups in total. The first-order valence-corrected chi connectivity index (χ1v) is 9.51. The van der Waals surface area contributed by atoms with Gasteiger partial charge in [0.25, 0.3) is 15.9 Å². The molecule has 1 heterocycles. The third-order valence-corrected chi connectivity index (χ3v) is 5.40. The summed E-state index contributed by atoms with van der Waals surface area (Å²) in [5, 5.41) is 2.64. The van der Waals surface area contributed by atoms with Crippen molar-refractivity contribution in [1.29, 1.82) is 0 Å². The summed E-state index contributed by atoms with van der Waals surface area (Å²) in [5.74, 6) is -0.280. The van der Waals surface area contributed by atoms with Crippen LogP contribution in [0.5, 0.6) is 0 Å². The molecule has 1 saturated heterocycles. The minimum atomic E-state index is -3.79. The van der Waals surface area contributed by atoms with Gasteiger partial charge >= 0.3 is 0 Å². The molecule has 136 valence electrons. The number of amides is 1. The number of nitrogens with zero attached hydrogens (tertiary/aromatic N) is 2. The molecule has 3 rings (SSSR count). The van der Waals surface area contributed by atoms with Crippen molar-refractivity contribution in [3.63, 3.8) is 0 Å². The molecule has 0 spiro atoms. The van der Waals surface area contributed by atoms with Crippen molar-refractivity contribution in [3.8, 4) is 0 Å². The number of halogens is 1. The van der Waals surface area contributed by atoms with Crippen LogP contribution in [-0.4, -0.2) is 38.7 Å². The fourth-order valence-electron chi connectivity index (χ4n) is 2.62. The van der Waals surface area contributed by atoms with Crippen LogP contribution in [0, 0.1) is 5.82 Å². The summed E-state index contributed by atoms with van der Waals surface area (Å²) in [5.41, 5.74) is 0.739. The van der Waals surface area contributed by atoms with E-state index < -0.39 is 21.7 Å². The van der Waals surface area contributed by atoms with E-state index in [-0.39, 0.29) is 4.90 Å². The first-order chi connectivity index (χ1) is 12.3. The first-order valence-electron chi connectivity index (χ1n) is 8.07. The second-order valence-electron chi connectivity index (χ2n) is 5.99. The van der Waals surface area contributed by atoms with Gasteiger partial charge in [-0.15, -0.1) is 4.40 Å². The van der Waals surface area contributed by atoms with Crippen LogP contribution in [0.15, 0.2) is 57.8 Å². The lowest BCUT2D eigenvalue weighted by Gasteiger charge is -2.11. The van der Waals surface area contributed by atoms with E-state index in [1.54, 1.807) is 0 Å². The topological polar surface area (TPSA) is 78.8 Å². The van der Waals surface area contributed by atoms with Crippen molar-refractivity contribution in [3.05, 3.63) is 59.9 Å². The van der Waals surface area contributed by atoms with Gasteiger partial charge in [-0.1, -0.05) is 0 Å². The number of carbonyl (C=O) groups is 1. The zero-order chi connectivity index (χ0) is 18.7. The molecule has 1 fully saturated rings. The molecule has 2 aromatic carbocycles. The van der Waals surface area contributed by atoms with Crippen molar-refractivity contribution in [2.24, 2.45) is 4.40 Å². The molecule has 2 aromatic rings. The molecule has 0 saturated carbocycles. The maximum Gasteiger partial charge on any atom is 0.283 e. The number of sulfonamides is 1. The lowest BCUT2D eigenvalue weighted by Crippen LogP contribution is -2.20. The Morgan fingerprint density at radius 2 is 1.77 bits per heavy atom. The third-order valence-electron chi connectivity index (χ3n) is 4.08. The monoisotopic (exact) mass is 375 g/mol. The summed E-state index contributed by atoms with van der Waals surface area (Å²) in [6, 6.07) is 10.9. The zero-order valence-electron chi connectivity index (χ0n) is 14.1. The second-order valence-corrected chi connectivity index (χ2v) is 7.60. The predicted octanol–water partition coefficient (Wildman–Crippen LogP) is 2.89. The Balaban J connectivity index is 1.74. The Kier molecular flexibility index (Phi) is 5.03. The zero-order valence-corrected chi connectivity index (χ0v) is 15.0. The number of carbonyl (C=O) groups excluding carboxylic acids is 1. The second kappa shape index (κ2) is 7.25. The molecule has 8 heteroatoms. The maximum atomic E-state index is 12.9. The highest BCUT2D eigenvalue weighted by molar-refractivity contribution is 7.90. The molecule has 1 amide bonds. The fourth-order valence-corrected chi connectivity index (χ4v) is 3.71. The molecule has 0 aromatic heterocycles. The van der Waals surface area contributed by atoms with Gasteiger partial charge in [-0.2, -0.15) is 8.42 Å². The van der Waals surface area contributed by atoms with E-state index in [9.17, 15) is 17.6 Å². The first kappa shape index (κ1) is 18.1. The quantitative estimate of drug-likeness (QED) is 0.891. The van der Waals surface area contributed by atoms with Gasteiger partial charge in [-0.05, 0) is 55.0 Å². The fraction of sp³-hybridized carbons (Fsp3) is 0.222. The van der Waals surface area contributed by atoms with E-state index in [0.717, 1.165) is 13.0 Å². The van der Waals surface area contributed by atoms with Gasteiger partial charge in [0.05, 0.1) is 4.90 Å². The molecule has 0 bridgehead atoms. The Morgan fingerprint density at radius 3 is 2.35 bits per heavy atom. The van der Waals surface area contributed by atoms with E-state index >= 15 is 0 Å². The van der Waals surface area contributed by atoms with Crippen LogP contribution < -0.4 is 5.32 Å². The van der Waals surface area contributed by atoms with Crippen molar-refractivity contribution < 1.29 is 17.6 Å². The lowest BCUT2D eigenvalue weighted by atomic mass is 10.2. The molecular formula is C18H18FN3O3S. The number of hydrogen-bond acceptors (Lipinski definition) is 3. The number of anilines is 1. The van der Waals surface area contributed by atoms with Crippen LogP contribution in [-0.2, 0) is 10.0 Å². The van der Waals surface area contributed by atoms with Crippen molar-refractivity contribution in [2.75, 3.05) is 18.9 Å². The number of hydrogen-bond donors (Lipinski definition) is 1. The van der Waals surface area contributed by atoms with Crippen LogP contribution >= 0.6 is 0 Å². The van der Waals surface area contributed by atoms with Crippen LogP contribution in [0.2, 0.25) is 0 Å². The predicted molar refractivity (Wildman–Crippen MR) is 97.3 cm³/mol. The van der Waals surface area contributed by atoms with Crippen molar-refractivity contribution in [2.45, 2.75) is 17.7 Å². The smallest absolute Gasteiger partial charge is 0.283 e. The molecule has 1 aliphatic heterocycles. The number of likely N-dealkylation sites (tertiary alicyclic amines) is 1. The third kappa shape index (κ3) is 4.08. The Bertz CT molecular complexity index is 939. The molecule has 1 aliphatic rings. The normalized spacial score (nSPS) is 16.1. The number of amidine groups is 1. The molecular weight excluding hydrogens is 357 g/mol. The SMILES string of the molecule is CN1CCC/C1=N\S(=O)(=O)c1ccc(NC(=O)c2ccc(F)cc2)cc1. The highest BCUT2D eigenvalue weighted by Crippen LogP contribution is 2.19. The van der Waals surface area contributed by atoms with Gasteiger partial charge < -0.3 is 10.2 Å². The Labute approximate surface area is 151 Å². The largest absolute Gasteiger partial charge is 0.362 e.